The highest BCUT2D eigenvalue weighted by atomic mass is 35.5. The summed E-state index contributed by atoms with van der Waals surface area (Å²) in [6.45, 7) is 10.5. The summed E-state index contributed by atoms with van der Waals surface area (Å²) in [7, 11) is 0. The Labute approximate surface area is 145 Å². The monoisotopic (exact) mass is 350 g/mol. The molecule has 0 saturated carbocycles. The lowest BCUT2D eigenvalue weighted by Crippen LogP contribution is -2.42. The van der Waals surface area contributed by atoms with Crippen molar-refractivity contribution in [2.24, 2.45) is 5.73 Å². The molecule has 7 heteroatoms. The Morgan fingerprint density at radius 1 is 1.27 bits per heavy atom. The van der Waals surface area contributed by atoms with Crippen LogP contribution in [0.15, 0.2) is 18.3 Å². The molecule has 3 N–H and O–H groups in total. The molecule has 22 heavy (non-hydrogen) atoms. The maximum Gasteiger partial charge on any atom is 0.251 e. The third kappa shape index (κ3) is 7.40. The van der Waals surface area contributed by atoms with E-state index in [4.69, 9.17) is 5.73 Å². The fraction of sp³-hybridized carbons (Fsp3) is 0.600. The van der Waals surface area contributed by atoms with Crippen LogP contribution in [0.4, 0.5) is 0 Å². The molecule has 1 aromatic rings. The molecule has 0 bridgehead atoms. The summed E-state index contributed by atoms with van der Waals surface area (Å²) >= 11 is 0. The summed E-state index contributed by atoms with van der Waals surface area (Å²) in [4.78, 5) is 18.5. The van der Waals surface area contributed by atoms with Crippen molar-refractivity contribution in [3.8, 4) is 0 Å². The number of pyridine rings is 1. The molecule has 0 atom stereocenters. The molecule has 1 rings (SSSR count). The summed E-state index contributed by atoms with van der Waals surface area (Å²) in [5.41, 5.74) is 6.86. The lowest BCUT2D eigenvalue weighted by Gasteiger charge is -2.30. The van der Waals surface area contributed by atoms with Crippen molar-refractivity contribution in [3.05, 3.63) is 29.6 Å². The largest absolute Gasteiger partial charge is 0.351 e. The van der Waals surface area contributed by atoms with Gasteiger partial charge < -0.3 is 11.1 Å². The van der Waals surface area contributed by atoms with Crippen molar-refractivity contribution in [1.29, 1.82) is 0 Å². The average Bonchev–Trinajstić information content (AvgIpc) is 2.42. The first kappa shape index (κ1) is 23.4. The molecule has 0 saturated heterocycles. The van der Waals surface area contributed by atoms with Gasteiger partial charge in [-0.25, -0.2) is 0 Å². The second-order valence-corrected chi connectivity index (χ2v) is 5.42. The zero-order chi connectivity index (χ0) is 15.1. The van der Waals surface area contributed by atoms with Crippen molar-refractivity contribution >= 4 is 30.7 Å². The quantitative estimate of drug-likeness (QED) is 0.790. The lowest BCUT2D eigenvalue weighted by atomic mass is 10.2. The molecule has 0 aliphatic rings. The summed E-state index contributed by atoms with van der Waals surface area (Å²) in [6, 6.07) is 4.38. The maximum atomic E-state index is 12.0. The predicted molar refractivity (Wildman–Crippen MR) is 95.9 cm³/mol. The van der Waals surface area contributed by atoms with Crippen molar-refractivity contribution < 1.29 is 4.79 Å². The van der Waals surface area contributed by atoms with Gasteiger partial charge in [-0.2, -0.15) is 0 Å². The SMILES string of the molecule is CC(C)N(CCNC(=O)c1ccnc(CN)c1)C(C)C.Cl.Cl. The topological polar surface area (TPSA) is 71.2 Å². The van der Waals surface area contributed by atoms with Crippen LogP contribution in [-0.4, -0.2) is 41.0 Å². The normalized spacial score (nSPS) is 10.4. The van der Waals surface area contributed by atoms with Gasteiger partial charge in [-0.05, 0) is 39.8 Å². The van der Waals surface area contributed by atoms with Gasteiger partial charge in [0.25, 0.3) is 5.91 Å². The number of amides is 1. The summed E-state index contributed by atoms with van der Waals surface area (Å²) in [6.07, 6.45) is 1.62. The molecule has 0 aliphatic heterocycles. The minimum atomic E-state index is -0.0745. The number of carbonyl (C=O) groups is 1. The number of hydrogen-bond acceptors (Lipinski definition) is 4. The molecular formula is C15H28Cl2N4O. The van der Waals surface area contributed by atoms with Crippen LogP contribution in [0.2, 0.25) is 0 Å². The average molecular weight is 351 g/mol. The van der Waals surface area contributed by atoms with Crippen LogP contribution >= 0.6 is 24.8 Å². The smallest absolute Gasteiger partial charge is 0.251 e. The second kappa shape index (κ2) is 11.7. The van der Waals surface area contributed by atoms with Gasteiger partial charge in [0.2, 0.25) is 0 Å². The Balaban J connectivity index is 0. The zero-order valence-corrected chi connectivity index (χ0v) is 15.3. The van der Waals surface area contributed by atoms with Gasteiger partial charge in [0, 0.05) is 43.5 Å². The van der Waals surface area contributed by atoms with E-state index < -0.39 is 0 Å². The van der Waals surface area contributed by atoms with E-state index in [-0.39, 0.29) is 30.7 Å². The highest BCUT2D eigenvalue weighted by molar-refractivity contribution is 5.94. The van der Waals surface area contributed by atoms with Gasteiger partial charge in [0.15, 0.2) is 0 Å². The predicted octanol–water partition coefficient (Wildman–Crippen LogP) is 2.23. The first-order valence-electron chi connectivity index (χ1n) is 7.14. The number of aromatic nitrogens is 1. The standard InChI is InChI=1S/C15H26N4O.2ClH/c1-11(2)19(12(3)4)8-7-18-15(20)13-5-6-17-14(9-13)10-16;;/h5-6,9,11-12H,7-8,10,16H2,1-4H3,(H,18,20);2*1H. The van der Waals surface area contributed by atoms with Crippen LogP contribution in [-0.2, 0) is 6.54 Å². The van der Waals surface area contributed by atoms with Gasteiger partial charge in [-0.1, -0.05) is 0 Å². The fourth-order valence-electron chi connectivity index (χ4n) is 2.24. The van der Waals surface area contributed by atoms with Crippen LogP contribution < -0.4 is 11.1 Å². The molecular weight excluding hydrogens is 323 g/mol. The second-order valence-electron chi connectivity index (χ2n) is 5.42. The van der Waals surface area contributed by atoms with Gasteiger partial charge in [-0.15, -0.1) is 24.8 Å². The molecule has 0 aliphatic carbocycles. The molecule has 128 valence electrons. The molecule has 1 aromatic heterocycles. The summed E-state index contributed by atoms with van der Waals surface area (Å²) in [5, 5.41) is 2.94. The molecule has 0 unspecified atom stereocenters. The first-order chi connectivity index (χ1) is 9.45. The van der Waals surface area contributed by atoms with Gasteiger partial charge in [0.05, 0.1) is 5.69 Å². The third-order valence-electron chi connectivity index (χ3n) is 3.27. The number of rotatable bonds is 7. The molecule has 5 nitrogen and oxygen atoms in total. The Morgan fingerprint density at radius 3 is 2.36 bits per heavy atom. The first-order valence-corrected chi connectivity index (χ1v) is 7.14. The van der Waals surface area contributed by atoms with Crippen LogP contribution in [0.5, 0.6) is 0 Å². The van der Waals surface area contributed by atoms with E-state index >= 15 is 0 Å². The van der Waals surface area contributed by atoms with E-state index in [0.717, 1.165) is 12.2 Å². The van der Waals surface area contributed by atoms with Crippen molar-refractivity contribution in [2.75, 3.05) is 13.1 Å². The van der Waals surface area contributed by atoms with Crippen molar-refractivity contribution in [1.82, 2.24) is 15.2 Å². The molecule has 1 heterocycles. The minimum absolute atomic E-state index is 0. The van der Waals surface area contributed by atoms with Gasteiger partial charge in [0.1, 0.15) is 0 Å². The van der Waals surface area contributed by atoms with E-state index in [1.807, 2.05) is 0 Å². The lowest BCUT2D eigenvalue weighted by molar-refractivity contribution is 0.0939. The molecule has 0 spiro atoms. The van der Waals surface area contributed by atoms with E-state index in [9.17, 15) is 4.79 Å². The Bertz CT molecular complexity index is 433. The fourth-order valence-corrected chi connectivity index (χ4v) is 2.24. The molecule has 0 aromatic carbocycles. The van der Waals surface area contributed by atoms with Crippen LogP contribution in [0, 0.1) is 0 Å². The summed E-state index contributed by atoms with van der Waals surface area (Å²) < 4.78 is 0. The minimum Gasteiger partial charge on any atom is -0.351 e. The van der Waals surface area contributed by atoms with Crippen molar-refractivity contribution in [3.63, 3.8) is 0 Å². The number of hydrogen-bond donors (Lipinski definition) is 2. The zero-order valence-electron chi connectivity index (χ0n) is 13.7. The van der Waals surface area contributed by atoms with E-state index in [0.29, 0.717) is 30.7 Å². The number of nitrogens with zero attached hydrogens (tertiary/aromatic N) is 2. The van der Waals surface area contributed by atoms with Crippen LogP contribution in [0.1, 0.15) is 43.7 Å². The van der Waals surface area contributed by atoms with Crippen LogP contribution in [0.3, 0.4) is 0 Å². The number of carbonyl (C=O) groups excluding carboxylic acids is 1. The van der Waals surface area contributed by atoms with Crippen molar-refractivity contribution in [2.45, 2.75) is 46.3 Å². The number of nitrogens with one attached hydrogen (secondary N) is 1. The van der Waals surface area contributed by atoms with Crippen LogP contribution in [0.25, 0.3) is 0 Å². The summed E-state index contributed by atoms with van der Waals surface area (Å²) in [5.74, 6) is -0.0745. The van der Waals surface area contributed by atoms with E-state index in [1.165, 1.54) is 0 Å². The Morgan fingerprint density at radius 2 is 1.86 bits per heavy atom. The maximum absolute atomic E-state index is 12.0. The highest BCUT2D eigenvalue weighted by Gasteiger charge is 2.13. The third-order valence-corrected chi connectivity index (χ3v) is 3.27. The molecule has 0 fully saturated rings. The number of nitrogens with two attached hydrogens (primary N) is 1. The van der Waals surface area contributed by atoms with Gasteiger partial charge >= 0.3 is 0 Å². The molecule has 1 amide bonds. The Hall–Kier alpha value is -0.880. The van der Waals surface area contributed by atoms with Gasteiger partial charge in [-0.3, -0.25) is 14.7 Å². The van der Waals surface area contributed by atoms with E-state index in [2.05, 4.69) is 42.9 Å². The Kier molecular flexibility index (Phi) is 12.4. The highest BCUT2D eigenvalue weighted by Crippen LogP contribution is 2.04. The molecule has 0 radical (unpaired) electrons. The van der Waals surface area contributed by atoms with E-state index in [1.54, 1.807) is 18.3 Å². The number of halogens is 2.